The highest BCUT2D eigenvalue weighted by Crippen LogP contribution is 2.40. The van der Waals surface area contributed by atoms with Crippen LogP contribution in [0.5, 0.6) is 5.88 Å². The topological polar surface area (TPSA) is 47.9 Å². The molecule has 0 N–H and O–H groups in total. The lowest BCUT2D eigenvalue weighted by Crippen LogP contribution is -2.12. The summed E-state index contributed by atoms with van der Waals surface area (Å²) in [6, 6.07) is 3.92. The van der Waals surface area contributed by atoms with E-state index >= 15 is 0 Å². The molecule has 0 aromatic carbocycles. The average Bonchev–Trinajstić information content (AvgIpc) is 3.05. The molecule has 0 radical (unpaired) electrons. The van der Waals surface area contributed by atoms with Gasteiger partial charge in [-0.3, -0.25) is 4.98 Å². The Morgan fingerprint density at radius 2 is 1.85 bits per heavy atom. The van der Waals surface area contributed by atoms with Crippen LogP contribution in [0.4, 0.5) is 0 Å². The van der Waals surface area contributed by atoms with E-state index in [0.717, 1.165) is 46.7 Å². The van der Waals surface area contributed by atoms with Gasteiger partial charge in [-0.15, -0.1) is 11.3 Å². The van der Waals surface area contributed by atoms with E-state index in [-0.39, 0.29) is 0 Å². The number of fused-ring (bicyclic) bond motifs is 3. The van der Waals surface area contributed by atoms with Gasteiger partial charge in [0, 0.05) is 22.8 Å². The Bertz CT molecular complexity index is 920. The lowest BCUT2D eigenvalue weighted by atomic mass is 9.97. The minimum atomic E-state index is 0.508. The van der Waals surface area contributed by atoms with Crippen LogP contribution in [-0.4, -0.2) is 21.6 Å². The van der Waals surface area contributed by atoms with E-state index in [4.69, 9.17) is 14.7 Å². The second kappa shape index (κ2) is 7.93. The van der Waals surface area contributed by atoms with Crippen molar-refractivity contribution >= 4 is 21.6 Å². The summed E-state index contributed by atoms with van der Waals surface area (Å²) in [5.74, 6) is 2.68. The average molecular weight is 382 g/mol. The first-order valence-corrected chi connectivity index (χ1v) is 10.8. The number of aryl methyl sites for hydroxylation is 2. The molecule has 4 rings (SSSR count). The molecule has 1 aliphatic rings. The monoisotopic (exact) mass is 381 g/mol. The fraction of sp³-hybridized carbons (Fsp3) is 0.500. The molecule has 5 heteroatoms. The van der Waals surface area contributed by atoms with E-state index in [9.17, 15) is 0 Å². The molecule has 0 fully saturated rings. The van der Waals surface area contributed by atoms with Crippen molar-refractivity contribution in [3.8, 4) is 17.3 Å². The van der Waals surface area contributed by atoms with Gasteiger partial charge in [-0.1, -0.05) is 20.8 Å². The van der Waals surface area contributed by atoms with E-state index in [1.807, 2.05) is 23.5 Å². The summed E-state index contributed by atoms with van der Waals surface area (Å²) in [6.45, 7) is 7.47. The van der Waals surface area contributed by atoms with E-state index in [1.54, 1.807) is 12.4 Å². The highest BCUT2D eigenvalue weighted by atomic mass is 32.1. The molecule has 1 atom stereocenters. The molecule has 3 aromatic rings. The molecular formula is C22H27N3OS. The third-order valence-corrected chi connectivity index (χ3v) is 6.28. The van der Waals surface area contributed by atoms with Crippen molar-refractivity contribution in [3.05, 3.63) is 35.0 Å². The number of rotatable bonds is 6. The van der Waals surface area contributed by atoms with Gasteiger partial charge in [0.2, 0.25) is 5.88 Å². The summed E-state index contributed by atoms with van der Waals surface area (Å²) in [7, 11) is 0. The molecule has 0 spiro atoms. The predicted molar refractivity (Wildman–Crippen MR) is 111 cm³/mol. The number of pyridine rings is 1. The maximum Gasteiger partial charge on any atom is 0.226 e. The number of hydrogen-bond donors (Lipinski definition) is 0. The molecule has 0 saturated carbocycles. The van der Waals surface area contributed by atoms with Crippen LogP contribution in [0.25, 0.3) is 21.6 Å². The van der Waals surface area contributed by atoms with Crippen LogP contribution in [0.15, 0.2) is 24.5 Å². The predicted octanol–water partition coefficient (Wildman–Crippen LogP) is 5.69. The van der Waals surface area contributed by atoms with Gasteiger partial charge in [-0.05, 0) is 61.6 Å². The van der Waals surface area contributed by atoms with Crippen LogP contribution in [0.1, 0.15) is 50.5 Å². The van der Waals surface area contributed by atoms with E-state index in [2.05, 4.69) is 25.8 Å². The number of thiophene rings is 1. The van der Waals surface area contributed by atoms with Gasteiger partial charge in [0.1, 0.15) is 4.83 Å². The van der Waals surface area contributed by atoms with Crippen molar-refractivity contribution < 1.29 is 4.74 Å². The Hall–Kier alpha value is -2.01. The number of hydrogen-bond acceptors (Lipinski definition) is 5. The number of nitrogens with zero attached hydrogens (tertiary/aromatic N) is 3. The summed E-state index contributed by atoms with van der Waals surface area (Å²) in [4.78, 5) is 16.4. The summed E-state index contributed by atoms with van der Waals surface area (Å²) in [5.41, 5.74) is 2.41. The Morgan fingerprint density at radius 1 is 1.07 bits per heavy atom. The number of aromatic nitrogens is 3. The van der Waals surface area contributed by atoms with E-state index in [1.165, 1.54) is 23.3 Å². The summed E-state index contributed by atoms with van der Waals surface area (Å²) < 4.78 is 6.31. The van der Waals surface area contributed by atoms with E-state index < -0.39 is 0 Å². The second-order valence-corrected chi connectivity index (χ2v) is 9.11. The largest absolute Gasteiger partial charge is 0.477 e. The first-order chi connectivity index (χ1) is 13.1. The molecule has 3 heterocycles. The number of ether oxygens (including phenoxy) is 1. The molecular weight excluding hydrogens is 354 g/mol. The van der Waals surface area contributed by atoms with Crippen LogP contribution >= 0.6 is 11.3 Å². The minimum Gasteiger partial charge on any atom is -0.477 e. The lowest BCUT2D eigenvalue weighted by molar-refractivity contribution is 0.234. The standard InChI is InChI=1S/C22H27N3OS/c1-14(2)12-15(3)13-26-21-19-17-6-4-5-7-18(17)27-22(19)25-20(24-21)16-8-10-23-11-9-16/h8-11,14-15H,4-7,12-13H2,1-3H3. The molecule has 1 unspecified atom stereocenters. The van der Waals surface area contributed by atoms with Crippen molar-refractivity contribution in [1.82, 2.24) is 15.0 Å². The molecule has 27 heavy (non-hydrogen) atoms. The van der Waals surface area contributed by atoms with Gasteiger partial charge in [-0.25, -0.2) is 4.98 Å². The first-order valence-electron chi connectivity index (χ1n) is 9.97. The zero-order chi connectivity index (χ0) is 18.8. The smallest absolute Gasteiger partial charge is 0.226 e. The zero-order valence-corrected chi connectivity index (χ0v) is 17.2. The molecule has 3 aromatic heterocycles. The van der Waals surface area contributed by atoms with Crippen molar-refractivity contribution in [2.45, 2.75) is 52.9 Å². The zero-order valence-electron chi connectivity index (χ0n) is 16.4. The van der Waals surface area contributed by atoms with E-state index in [0.29, 0.717) is 18.4 Å². The Kier molecular flexibility index (Phi) is 5.39. The third kappa shape index (κ3) is 3.98. The summed E-state index contributed by atoms with van der Waals surface area (Å²) in [5, 5.41) is 1.16. The van der Waals surface area contributed by atoms with Gasteiger partial charge in [0.25, 0.3) is 0 Å². The van der Waals surface area contributed by atoms with Gasteiger partial charge < -0.3 is 4.74 Å². The first kappa shape index (κ1) is 18.4. The Balaban J connectivity index is 1.75. The molecule has 1 aliphatic carbocycles. The normalized spacial score (nSPS) is 15.1. The van der Waals surface area contributed by atoms with Gasteiger partial charge >= 0.3 is 0 Å². The second-order valence-electron chi connectivity index (χ2n) is 8.03. The SMILES string of the molecule is CC(C)CC(C)COc1nc(-c2ccncc2)nc2sc3c(c12)CCCC3. The maximum atomic E-state index is 6.31. The van der Waals surface area contributed by atoms with Crippen LogP contribution in [0.2, 0.25) is 0 Å². The van der Waals surface area contributed by atoms with Gasteiger partial charge in [0.15, 0.2) is 5.82 Å². The fourth-order valence-corrected chi connectivity index (χ4v) is 5.20. The van der Waals surface area contributed by atoms with Crippen molar-refractivity contribution in [1.29, 1.82) is 0 Å². The fourth-order valence-electron chi connectivity index (χ4n) is 3.95. The van der Waals surface area contributed by atoms with Crippen LogP contribution < -0.4 is 4.74 Å². The third-order valence-electron chi connectivity index (χ3n) is 5.10. The van der Waals surface area contributed by atoms with Crippen LogP contribution in [-0.2, 0) is 12.8 Å². The Labute approximate surface area is 165 Å². The molecule has 0 saturated heterocycles. The van der Waals surface area contributed by atoms with Crippen LogP contribution in [0, 0.1) is 11.8 Å². The van der Waals surface area contributed by atoms with Crippen LogP contribution in [0.3, 0.4) is 0 Å². The van der Waals surface area contributed by atoms with Gasteiger partial charge in [-0.2, -0.15) is 4.98 Å². The highest BCUT2D eigenvalue weighted by Gasteiger charge is 2.22. The maximum absolute atomic E-state index is 6.31. The molecule has 0 bridgehead atoms. The molecule has 0 aliphatic heterocycles. The molecule has 0 amide bonds. The quantitative estimate of drug-likeness (QED) is 0.550. The summed E-state index contributed by atoms with van der Waals surface area (Å²) in [6.07, 6.45) is 9.52. The van der Waals surface area contributed by atoms with Crippen molar-refractivity contribution in [3.63, 3.8) is 0 Å². The van der Waals surface area contributed by atoms with Crippen molar-refractivity contribution in [2.24, 2.45) is 11.8 Å². The highest BCUT2D eigenvalue weighted by molar-refractivity contribution is 7.18. The summed E-state index contributed by atoms with van der Waals surface area (Å²) >= 11 is 1.82. The van der Waals surface area contributed by atoms with Crippen molar-refractivity contribution in [2.75, 3.05) is 6.61 Å². The molecule has 4 nitrogen and oxygen atoms in total. The lowest BCUT2D eigenvalue weighted by Gasteiger charge is -2.16. The van der Waals surface area contributed by atoms with Gasteiger partial charge in [0.05, 0.1) is 12.0 Å². The Morgan fingerprint density at radius 3 is 2.63 bits per heavy atom. The minimum absolute atomic E-state index is 0.508. The molecule has 142 valence electrons.